The van der Waals surface area contributed by atoms with E-state index in [1.165, 1.54) is 83.5 Å². The predicted octanol–water partition coefficient (Wildman–Crippen LogP) is 8.55. The van der Waals surface area contributed by atoms with Crippen LogP contribution < -0.4 is 0 Å². The van der Waals surface area contributed by atoms with Crippen molar-refractivity contribution in [3.05, 3.63) is 0 Å². The Morgan fingerprint density at radius 1 is 0.562 bits per heavy atom. The number of hydrogen-bond donors (Lipinski definition) is 0. The molecule has 0 saturated heterocycles. The van der Waals surface area contributed by atoms with E-state index in [-0.39, 0.29) is 11.9 Å². The van der Waals surface area contributed by atoms with Crippen molar-refractivity contribution in [3.63, 3.8) is 0 Å². The van der Waals surface area contributed by atoms with Gasteiger partial charge in [0.05, 0.1) is 13.2 Å². The first-order valence-electron chi connectivity index (χ1n) is 13.9. The number of esters is 2. The molecule has 0 aliphatic carbocycles. The summed E-state index contributed by atoms with van der Waals surface area (Å²) in [6, 6.07) is 0. The third-order valence-electron chi connectivity index (χ3n) is 6.25. The van der Waals surface area contributed by atoms with Crippen molar-refractivity contribution in [2.75, 3.05) is 13.2 Å². The highest BCUT2D eigenvalue weighted by atomic mass is 16.5. The third kappa shape index (κ3) is 23.6. The minimum atomic E-state index is -0.156. The minimum absolute atomic E-state index is 0.136. The van der Waals surface area contributed by atoms with E-state index in [1.807, 2.05) is 0 Å². The number of unbranched alkanes of at least 4 members (excludes halogenated alkanes) is 15. The maximum Gasteiger partial charge on any atom is 0.305 e. The number of carbonyl (C=O) groups is 2. The van der Waals surface area contributed by atoms with Crippen LogP contribution in [0.5, 0.6) is 0 Å². The van der Waals surface area contributed by atoms with Crippen LogP contribution in [0.2, 0.25) is 0 Å². The minimum Gasteiger partial charge on any atom is -0.466 e. The fraction of sp³-hybridized carbons (Fsp3) is 0.929. The molecule has 0 rings (SSSR count). The van der Waals surface area contributed by atoms with Gasteiger partial charge in [-0.15, -0.1) is 0 Å². The molecule has 0 aromatic carbocycles. The maximum absolute atomic E-state index is 11.8. The van der Waals surface area contributed by atoms with E-state index in [2.05, 4.69) is 20.8 Å². The van der Waals surface area contributed by atoms with Crippen molar-refractivity contribution in [1.29, 1.82) is 0 Å². The Balaban J connectivity index is 3.25. The van der Waals surface area contributed by atoms with Crippen molar-refractivity contribution >= 4 is 11.9 Å². The van der Waals surface area contributed by atoms with Gasteiger partial charge >= 0.3 is 11.9 Å². The molecule has 0 aliphatic heterocycles. The number of carbonyl (C=O) groups excluding carboxylic acids is 2. The molecule has 0 aliphatic rings. The van der Waals surface area contributed by atoms with Gasteiger partial charge in [-0.1, -0.05) is 117 Å². The molecule has 0 spiro atoms. The summed E-state index contributed by atoms with van der Waals surface area (Å²) in [4.78, 5) is 23.4. The van der Waals surface area contributed by atoms with Crippen LogP contribution in [-0.4, -0.2) is 25.2 Å². The lowest BCUT2D eigenvalue weighted by molar-refractivity contribution is -0.146. The highest BCUT2D eigenvalue weighted by Gasteiger charge is 2.07. The zero-order valence-corrected chi connectivity index (χ0v) is 21.8. The second kappa shape index (κ2) is 24.6. The summed E-state index contributed by atoms with van der Waals surface area (Å²) in [6.07, 6.45) is 23.2. The first kappa shape index (κ1) is 30.9. The van der Waals surface area contributed by atoms with Gasteiger partial charge < -0.3 is 9.47 Å². The molecule has 0 amide bonds. The summed E-state index contributed by atoms with van der Waals surface area (Å²) in [5, 5.41) is 0. The number of hydrogen-bond acceptors (Lipinski definition) is 4. The van der Waals surface area contributed by atoms with Gasteiger partial charge in [0.2, 0.25) is 0 Å². The zero-order valence-electron chi connectivity index (χ0n) is 21.8. The van der Waals surface area contributed by atoms with Gasteiger partial charge in [-0.2, -0.15) is 0 Å². The van der Waals surface area contributed by atoms with Gasteiger partial charge in [0.1, 0.15) is 0 Å². The molecule has 0 heterocycles. The Kier molecular flexibility index (Phi) is 23.8. The molecule has 0 aromatic rings. The van der Waals surface area contributed by atoms with Crippen LogP contribution in [0.3, 0.4) is 0 Å². The normalized spacial score (nSPS) is 12.0. The third-order valence-corrected chi connectivity index (χ3v) is 6.25. The molecule has 0 saturated carbocycles. The van der Waals surface area contributed by atoms with Gasteiger partial charge in [0.25, 0.3) is 0 Å². The van der Waals surface area contributed by atoms with Crippen LogP contribution in [0, 0.1) is 5.92 Å². The average molecular weight is 455 g/mol. The first-order chi connectivity index (χ1) is 15.6. The Morgan fingerprint density at radius 3 is 1.41 bits per heavy atom. The summed E-state index contributed by atoms with van der Waals surface area (Å²) in [5.41, 5.74) is 0. The van der Waals surface area contributed by atoms with Crippen molar-refractivity contribution in [2.45, 2.75) is 149 Å². The molecule has 1 unspecified atom stereocenters. The Bertz CT molecular complexity index is 422. The molecule has 0 bridgehead atoms. The van der Waals surface area contributed by atoms with E-state index < -0.39 is 0 Å². The molecular weight excluding hydrogens is 400 g/mol. The van der Waals surface area contributed by atoms with Gasteiger partial charge in [-0.25, -0.2) is 0 Å². The molecule has 1 atom stereocenters. The van der Waals surface area contributed by atoms with Crippen molar-refractivity contribution in [1.82, 2.24) is 0 Å². The highest BCUT2D eigenvalue weighted by molar-refractivity contribution is 5.70. The van der Waals surface area contributed by atoms with Gasteiger partial charge in [-0.05, 0) is 25.2 Å². The molecule has 32 heavy (non-hydrogen) atoms. The second-order valence-electron chi connectivity index (χ2n) is 9.57. The standard InChI is InChI=1S/C28H54O4/c1-4-6-7-8-9-10-11-12-13-14-15-16-17-18-21-24-31-27(29)22-19-20-23-28(30)32-25-26(3)5-2/h26H,4-25H2,1-3H3. The molecular formula is C28H54O4. The molecule has 4 heteroatoms. The smallest absolute Gasteiger partial charge is 0.305 e. The van der Waals surface area contributed by atoms with Crippen LogP contribution in [-0.2, 0) is 19.1 Å². The molecule has 190 valence electrons. The maximum atomic E-state index is 11.8. The SMILES string of the molecule is CCCCCCCCCCCCCCCCCOC(=O)CCCCC(=O)OCC(C)CC. The lowest BCUT2D eigenvalue weighted by atomic mass is 10.0. The molecule has 0 N–H and O–H groups in total. The topological polar surface area (TPSA) is 52.6 Å². The molecule has 0 radical (unpaired) electrons. The van der Waals surface area contributed by atoms with Crippen LogP contribution in [0.1, 0.15) is 149 Å². The van der Waals surface area contributed by atoms with E-state index in [4.69, 9.17) is 9.47 Å². The molecule has 0 aromatic heterocycles. The summed E-state index contributed by atoms with van der Waals surface area (Å²) in [7, 11) is 0. The zero-order chi connectivity index (χ0) is 23.7. The second-order valence-corrected chi connectivity index (χ2v) is 9.57. The molecule has 4 nitrogen and oxygen atoms in total. The van der Waals surface area contributed by atoms with E-state index in [0.717, 1.165) is 19.3 Å². The number of rotatable bonds is 24. The van der Waals surface area contributed by atoms with Crippen LogP contribution in [0.15, 0.2) is 0 Å². The largest absolute Gasteiger partial charge is 0.466 e. The highest BCUT2D eigenvalue weighted by Crippen LogP contribution is 2.13. The molecule has 0 fully saturated rings. The van der Waals surface area contributed by atoms with Gasteiger partial charge in [0, 0.05) is 12.8 Å². The van der Waals surface area contributed by atoms with E-state index in [9.17, 15) is 9.59 Å². The van der Waals surface area contributed by atoms with Crippen LogP contribution in [0.4, 0.5) is 0 Å². The van der Waals surface area contributed by atoms with Crippen LogP contribution in [0.25, 0.3) is 0 Å². The van der Waals surface area contributed by atoms with E-state index >= 15 is 0 Å². The summed E-state index contributed by atoms with van der Waals surface area (Å²) < 4.78 is 10.5. The van der Waals surface area contributed by atoms with Crippen LogP contribution >= 0.6 is 0 Å². The summed E-state index contributed by atoms with van der Waals surface area (Å²) >= 11 is 0. The van der Waals surface area contributed by atoms with E-state index in [0.29, 0.717) is 44.8 Å². The lowest BCUT2D eigenvalue weighted by Crippen LogP contribution is -2.11. The van der Waals surface area contributed by atoms with Gasteiger partial charge in [0.15, 0.2) is 0 Å². The first-order valence-corrected chi connectivity index (χ1v) is 13.9. The Hall–Kier alpha value is -1.06. The van der Waals surface area contributed by atoms with Crippen molar-refractivity contribution < 1.29 is 19.1 Å². The fourth-order valence-corrected chi connectivity index (χ4v) is 3.70. The van der Waals surface area contributed by atoms with Crippen molar-refractivity contribution in [3.8, 4) is 0 Å². The quantitative estimate of drug-likeness (QED) is 0.108. The van der Waals surface area contributed by atoms with Gasteiger partial charge in [-0.3, -0.25) is 9.59 Å². The number of ether oxygens (including phenoxy) is 2. The monoisotopic (exact) mass is 454 g/mol. The Morgan fingerprint density at radius 2 is 0.969 bits per heavy atom. The lowest BCUT2D eigenvalue weighted by Gasteiger charge is -2.09. The van der Waals surface area contributed by atoms with Crippen molar-refractivity contribution in [2.24, 2.45) is 5.92 Å². The fourth-order valence-electron chi connectivity index (χ4n) is 3.70. The summed E-state index contributed by atoms with van der Waals surface area (Å²) in [6.45, 7) is 7.47. The van der Waals surface area contributed by atoms with E-state index in [1.54, 1.807) is 0 Å². The Labute approximate surface area is 199 Å². The average Bonchev–Trinajstić information content (AvgIpc) is 2.79. The predicted molar refractivity (Wildman–Crippen MR) is 135 cm³/mol. The summed E-state index contributed by atoms with van der Waals surface area (Å²) in [5.74, 6) is 0.119.